The van der Waals surface area contributed by atoms with Crippen LogP contribution in [0.4, 0.5) is 0 Å². The number of carbonyl (C=O) groups is 2. The summed E-state index contributed by atoms with van der Waals surface area (Å²) in [6.07, 6.45) is -0.0738. The summed E-state index contributed by atoms with van der Waals surface area (Å²) < 4.78 is 10.6. The van der Waals surface area contributed by atoms with Crippen LogP contribution in [0.3, 0.4) is 0 Å². The molecule has 14 heteroatoms. The lowest BCUT2D eigenvalue weighted by Crippen LogP contribution is -2.63. The van der Waals surface area contributed by atoms with Crippen molar-refractivity contribution in [1.82, 2.24) is 10.6 Å². The fraction of sp³-hybridized carbons (Fsp3) is 0.824. The predicted octanol–water partition coefficient (Wildman–Crippen LogP) is -0.933. The Balaban J connectivity index is 1.38. The van der Waals surface area contributed by atoms with E-state index in [-0.39, 0.29) is 24.7 Å². The van der Waals surface area contributed by atoms with Gasteiger partial charge < -0.3 is 61.0 Å². The Bertz CT molecular complexity index is 1050. The molecule has 14 nitrogen and oxygen atoms in total. The van der Waals surface area contributed by atoms with Crippen molar-refractivity contribution in [2.75, 3.05) is 13.2 Å². The van der Waals surface area contributed by atoms with E-state index in [2.05, 4.69) is 34.3 Å². The maximum atomic E-state index is 12.2. The molecular formula is C34H56N2O12. The second-order valence-corrected chi connectivity index (χ2v) is 12.5. The highest BCUT2D eigenvalue weighted by atomic mass is 16.6. The van der Waals surface area contributed by atoms with E-state index in [1.807, 2.05) is 0 Å². The summed E-state index contributed by atoms with van der Waals surface area (Å²) in [5.41, 5.74) is 0. The number of unbranched alkanes of at least 4 members (excludes halogenated alkanes) is 12. The Morgan fingerprint density at radius 1 is 0.479 bits per heavy atom. The molecule has 2 rings (SSSR count). The molecule has 2 saturated heterocycles. The van der Waals surface area contributed by atoms with Gasteiger partial charge in [0.15, 0.2) is 12.5 Å². The van der Waals surface area contributed by atoms with Gasteiger partial charge in [0.2, 0.25) is 11.8 Å². The van der Waals surface area contributed by atoms with E-state index in [4.69, 9.17) is 9.47 Å². The van der Waals surface area contributed by atoms with Crippen molar-refractivity contribution in [3.63, 3.8) is 0 Å². The first-order chi connectivity index (χ1) is 23.1. The van der Waals surface area contributed by atoms with Gasteiger partial charge in [-0.05, 0) is 37.5 Å². The van der Waals surface area contributed by atoms with Crippen LogP contribution in [0.2, 0.25) is 0 Å². The van der Waals surface area contributed by atoms with E-state index in [1.165, 1.54) is 0 Å². The first-order valence-electron chi connectivity index (χ1n) is 17.3. The Morgan fingerprint density at radius 2 is 0.812 bits per heavy atom. The number of aliphatic hydroxyl groups excluding tert-OH is 8. The molecule has 2 aliphatic heterocycles. The first kappa shape index (κ1) is 41.8. The Labute approximate surface area is 283 Å². The van der Waals surface area contributed by atoms with Crippen LogP contribution < -0.4 is 10.6 Å². The fourth-order valence-electron chi connectivity index (χ4n) is 5.53. The molecule has 10 atom stereocenters. The average Bonchev–Trinajstić information content (AvgIpc) is 3.07. The molecule has 2 amide bonds. The summed E-state index contributed by atoms with van der Waals surface area (Å²) >= 11 is 0. The quantitative estimate of drug-likeness (QED) is 0.0553. The number of ether oxygens (including phenoxy) is 2. The molecule has 0 spiro atoms. The van der Waals surface area contributed by atoms with Gasteiger partial charge in [-0.3, -0.25) is 9.59 Å². The summed E-state index contributed by atoms with van der Waals surface area (Å²) in [5, 5.41) is 82.7. The second-order valence-electron chi connectivity index (χ2n) is 12.5. The van der Waals surface area contributed by atoms with Crippen LogP contribution in [0.15, 0.2) is 0 Å². The van der Waals surface area contributed by atoms with Crippen LogP contribution in [0, 0.1) is 23.7 Å². The van der Waals surface area contributed by atoms with E-state index < -0.39 is 74.5 Å². The van der Waals surface area contributed by atoms with Crippen LogP contribution in [-0.4, -0.2) is 127 Å². The number of rotatable bonds is 20. The molecule has 0 saturated carbocycles. The van der Waals surface area contributed by atoms with Gasteiger partial charge in [-0.15, -0.1) is 0 Å². The summed E-state index contributed by atoms with van der Waals surface area (Å²) in [6.45, 7) is -1.09. The third-order valence-corrected chi connectivity index (χ3v) is 8.54. The third kappa shape index (κ3) is 15.0. The Hall–Kier alpha value is -2.34. The minimum Gasteiger partial charge on any atom is -0.394 e. The van der Waals surface area contributed by atoms with Crippen LogP contribution >= 0.6 is 0 Å². The molecule has 0 radical (unpaired) electrons. The minimum atomic E-state index is -1.52. The maximum absolute atomic E-state index is 12.2. The smallest absolute Gasteiger partial charge is 0.222 e. The lowest BCUT2D eigenvalue weighted by Gasteiger charge is -2.40. The maximum Gasteiger partial charge on any atom is 0.222 e. The molecule has 0 aromatic rings. The lowest BCUT2D eigenvalue weighted by molar-refractivity contribution is -0.236. The third-order valence-electron chi connectivity index (χ3n) is 8.54. The van der Waals surface area contributed by atoms with Gasteiger partial charge >= 0.3 is 0 Å². The number of aliphatic hydroxyl groups is 8. The molecule has 2 fully saturated rings. The molecule has 0 aromatic carbocycles. The van der Waals surface area contributed by atoms with E-state index in [9.17, 15) is 50.4 Å². The highest BCUT2D eigenvalue weighted by Gasteiger charge is 2.45. The van der Waals surface area contributed by atoms with Gasteiger partial charge in [0.25, 0.3) is 0 Å². The summed E-state index contributed by atoms with van der Waals surface area (Å²) in [4.78, 5) is 24.3. The van der Waals surface area contributed by atoms with Gasteiger partial charge in [-0.25, -0.2) is 0 Å². The van der Waals surface area contributed by atoms with E-state index in [1.54, 1.807) is 0 Å². The van der Waals surface area contributed by atoms with E-state index >= 15 is 0 Å². The SMILES string of the molecule is O=C(CCCCCCCC#CC#CCCCCCCCCCC(=O)N[C@@H]1O[C@H](CO)[C@@H](O)[C@H](O)[C@H]1O)N[C@@H]1O[C@H](CO)[C@@H](O)[C@H](O)[C@H]1O. The molecule has 48 heavy (non-hydrogen) atoms. The molecule has 0 unspecified atom stereocenters. The molecule has 2 heterocycles. The number of amides is 2. The van der Waals surface area contributed by atoms with Crippen molar-refractivity contribution in [1.29, 1.82) is 0 Å². The number of carbonyl (C=O) groups excluding carboxylic acids is 2. The monoisotopic (exact) mass is 684 g/mol. The van der Waals surface area contributed by atoms with Gasteiger partial charge in [0.1, 0.15) is 48.8 Å². The van der Waals surface area contributed by atoms with E-state index in [0.29, 0.717) is 12.8 Å². The highest BCUT2D eigenvalue weighted by molar-refractivity contribution is 5.76. The predicted molar refractivity (Wildman–Crippen MR) is 173 cm³/mol. The van der Waals surface area contributed by atoms with Crippen molar-refractivity contribution in [2.24, 2.45) is 0 Å². The topological polar surface area (TPSA) is 238 Å². The van der Waals surface area contributed by atoms with Crippen LogP contribution in [0.5, 0.6) is 0 Å². The van der Waals surface area contributed by atoms with Gasteiger partial charge in [0.05, 0.1) is 13.2 Å². The van der Waals surface area contributed by atoms with Gasteiger partial charge in [-0.1, -0.05) is 63.2 Å². The molecule has 0 aromatic heterocycles. The van der Waals surface area contributed by atoms with Crippen molar-refractivity contribution in [2.45, 2.75) is 164 Å². The van der Waals surface area contributed by atoms with Crippen LogP contribution in [0.1, 0.15) is 103 Å². The number of hydrogen-bond donors (Lipinski definition) is 10. The standard InChI is InChI=1S/C34H56N2O12/c37-21-23-27(41)29(43)31(45)33(47-23)35-25(39)19-17-15-13-11-9-7-5-3-1-2-4-6-8-10-12-14-16-18-20-26(40)36-34-32(46)30(44)28(42)24(22-38)48-34/h23-24,27-34,37-38,41-46H,3,5,7-22H2,(H,35,39)(H,36,40)/t23-,24-,27-,28-,29+,30+,31-,32-,33-,34-/m1/s1. The second kappa shape index (κ2) is 23.9. The molecule has 10 N–H and O–H groups in total. The molecule has 274 valence electrons. The van der Waals surface area contributed by atoms with Crippen molar-refractivity contribution in [3.8, 4) is 23.7 Å². The van der Waals surface area contributed by atoms with Crippen LogP contribution in [0.25, 0.3) is 0 Å². The van der Waals surface area contributed by atoms with Gasteiger partial charge in [-0.2, -0.15) is 0 Å². The molecule has 0 bridgehead atoms. The fourth-order valence-corrected chi connectivity index (χ4v) is 5.53. The van der Waals surface area contributed by atoms with Crippen molar-refractivity contribution in [3.05, 3.63) is 0 Å². The van der Waals surface area contributed by atoms with Crippen molar-refractivity contribution < 1.29 is 59.9 Å². The zero-order valence-corrected chi connectivity index (χ0v) is 27.7. The largest absolute Gasteiger partial charge is 0.394 e. The Kier molecular flexibility index (Phi) is 20.8. The number of nitrogens with one attached hydrogen (secondary N) is 2. The minimum absolute atomic E-state index is 0.240. The zero-order valence-electron chi connectivity index (χ0n) is 27.7. The summed E-state index contributed by atoms with van der Waals surface area (Å²) in [6, 6.07) is 0. The highest BCUT2D eigenvalue weighted by Crippen LogP contribution is 2.21. The van der Waals surface area contributed by atoms with Crippen molar-refractivity contribution >= 4 is 11.8 Å². The lowest BCUT2D eigenvalue weighted by atomic mass is 9.98. The molecule has 0 aliphatic carbocycles. The number of hydrogen-bond acceptors (Lipinski definition) is 12. The zero-order chi connectivity index (χ0) is 35.3. The van der Waals surface area contributed by atoms with Gasteiger partial charge in [0, 0.05) is 25.7 Å². The summed E-state index contributed by atoms with van der Waals surface area (Å²) in [5.74, 6) is 11.3. The molecular weight excluding hydrogens is 628 g/mol. The van der Waals surface area contributed by atoms with E-state index in [0.717, 1.165) is 77.0 Å². The Morgan fingerprint density at radius 3 is 1.17 bits per heavy atom. The molecule has 2 aliphatic rings. The van der Waals surface area contributed by atoms with Crippen LogP contribution in [-0.2, 0) is 19.1 Å². The first-order valence-corrected chi connectivity index (χ1v) is 17.3. The summed E-state index contributed by atoms with van der Waals surface area (Å²) in [7, 11) is 0. The normalized spacial score (nSPS) is 30.0. The average molecular weight is 685 g/mol.